The number of benzene rings is 3. The zero-order valence-electron chi connectivity index (χ0n) is 15.8. The van der Waals surface area contributed by atoms with Gasteiger partial charge in [0, 0.05) is 0 Å². The summed E-state index contributed by atoms with van der Waals surface area (Å²) in [6, 6.07) is 16.8. The average Bonchev–Trinajstić information content (AvgIpc) is 2.73. The third-order valence-corrected chi connectivity index (χ3v) is 4.54. The molecule has 0 saturated heterocycles. The second-order valence-electron chi connectivity index (χ2n) is 6.43. The van der Waals surface area contributed by atoms with E-state index in [9.17, 15) is 23.1 Å². The van der Waals surface area contributed by atoms with Crippen LogP contribution in [-0.2, 0) is 16.6 Å². The largest absolute Gasteiger partial charge is 0.497 e. The number of alkyl halides is 3. The number of methoxy groups -OCH3 is 1. The Labute approximate surface area is 170 Å². The van der Waals surface area contributed by atoms with Crippen LogP contribution in [0.2, 0.25) is 0 Å². The molecule has 30 heavy (non-hydrogen) atoms. The summed E-state index contributed by atoms with van der Waals surface area (Å²) in [6.45, 7) is 0. The molecule has 0 fully saturated rings. The summed E-state index contributed by atoms with van der Waals surface area (Å²) in [4.78, 5) is 12.0. The highest BCUT2D eigenvalue weighted by Crippen LogP contribution is 2.40. The molecule has 1 amide bonds. The van der Waals surface area contributed by atoms with E-state index in [0.717, 1.165) is 12.1 Å². The van der Waals surface area contributed by atoms with Crippen LogP contribution < -0.4 is 15.2 Å². The third-order valence-electron chi connectivity index (χ3n) is 4.54. The van der Waals surface area contributed by atoms with E-state index >= 15 is 0 Å². The topological polar surface area (TPSA) is 81.8 Å². The maximum atomic E-state index is 13.3. The van der Waals surface area contributed by atoms with Crippen molar-refractivity contribution in [3.05, 3.63) is 89.5 Å². The van der Waals surface area contributed by atoms with Crippen molar-refractivity contribution in [2.75, 3.05) is 7.11 Å². The van der Waals surface area contributed by atoms with Gasteiger partial charge in [0.1, 0.15) is 22.8 Å². The van der Waals surface area contributed by atoms with Crippen LogP contribution in [0.15, 0.2) is 72.8 Å². The van der Waals surface area contributed by atoms with Crippen molar-refractivity contribution >= 4 is 5.91 Å². The monoisotopic (exact) mass is 417 g/mol. The lowest BCUT2D eigenvalue weighted by Crippen LogP contribution is -2.42. The number of hydrogen-bond donors (Lipinski definition) is 2. The Hall–Kier alpha value is -3.52. The van der Waals surface area contributed by atoms with Crippen molar-refractivity contribution in [3.8, 4) is 17.2 Å². The minimum absolute atomic E-state index is 0.0411. The van der Waals surface area contributed by atoms with Gasteiger partial charge in [0.2, 0.25) is 0 Å². The molecule has 0 aliphatic carbocycles. The minimum atomic E-state index is -4.65. The molecule has 0 radical (unpaired) electrons. The Morgan fingerprint density at radius 1 is 0.900 bits per heavy atom. The molecule has 0 heterocycles. The summed E-state index contributed by atoms with van der Waals surface area (Å²) in [6.07, 6.45) is -4.65. The van der Waals surface area contributed by atoms with Crippen molar-refractivity contribution in [2.45, 2.75) is 11.8 Å². The number of rotatable bonds is 6. The Kier molecular flexibility index (Phi) is 5.71. The van der Waals surface area contributed by atoms with Crippen LogP contribution in [0, 0.1) is 0 Å². The van der Waals surface area contributed by atoms with Crippen LogP contribution in [0.1, 0.15) is 16.7 Å². The van der Waals surface area contributed by atoms with Crippen LogP contribution >= 0.6 is 0 Å². The van der Waals surface area contributed by atoms with Gasteiger partial charge in [-0.25, -0.2) is 0 Å². The molecule has 156 valence electrons. The summed E-state index contributed by atoms with van der Waals surface area (Å²) >= 11 is 0. The molecule has 3 aromatic carbocycles. The number of ether oxygens (including phenoxy) is 2. The molecule has 3 N–H and O–H groups in total. The number of halogens is 3. The minimum Gasteiger partial charge on any atom is -0.497 e. The molecule has 8 heteroatoms. The molecule has 0 aliphatic heterocycles. The first kappa shape index (κ1) is 21.2. The summed E-state index contributed by atoms with van der Waals surface area (Å²) in [7, 11) is 1.27. The number of carbonyl (C=O) groups excluding carboxylic acids is 1. The van der Waals surface area contributed by atoms with Crippen molar-refractivity contribution in [2.24, 2.45) is 5.73 Å². The molecule has 3 aromatic rings. The van der Waals surface area contributed by atoms with E-state index in [0.29, 0.717) is 0 Å². The van der Waals surface area contributed by atoms with Crippen LogP contribution in [0.5, 0.6) is 17.2 Å². The Morgan fingerprint density at radius 3 is 2.00 bits per heavy atom. The first-order valence-corrected chi connectivity index (χ1v) is 8.77. The fourth-order valence-corrected chi connectivity index (χ4v) is 2.97. The normalized spacial score (nSPS) is 13.4. The van der Waals surface area contributed by atoms with Crippen molar-refractivity contribution < 1.29 is 32.5 Å². The molecule has 5 nitrogen and oxygen atoms in total. The van der Waals surface area contributed by atoms with Crippen LogP contribution in [0.4, 0.5) is 13.2 Å². The van der Waals surface area contributed by atoms with Gasteiger partial charge in [-0.05, 0) is 41.5 Å². The highest BCUT2D eigenvalue weighted by molar-refractivity contribution is 5.88. The molecule has 0 bridgehead atoms. The van der Waals surface area contributed by atoms with Gasteiger partial charge in [0.15, 0.2) is 5.60 Å². The number of primary amides is 1. The molecule has 0 saturated carbocycles. The summed E-state index contributed by atoms with van der Waals surface area (Å²) in [5.41, 5.74) is 2.75. The van der Waals surface area contributed by atoms with Gasteiger partial charge in [0.25, 0.3) is 5.91 Å². The molecule has 0 aliphatic rings. The summed E-state index contributed by atoms with van der Waals surface area (Å²) in [5, 5.41) is 10.9. The Bertz CT molecular complexity index is 1040. The molecular weight excluding hydrogens is 399 g/mol. The maximum Gasteiger partial charge on any atom is 0.420 e. The highest BCUT2D eigenvalue weighted by Gasteiger charge is 2.38. The van der Waals surface area contributed by atoms with Gasteiger partial charge < -0.3 is 20.3 Å². The van der Waals surface area contributed by atoms with Crippen LogP contribution in [0.3, 0.4) is 0 Å². The number of nitrogens with two attached hydrogens (primary N) is 1. The fraction of sp³-hybridized carbons (Fsp3) is 0.136. The smallest absolute Gasteiger partial charge is 0.420 e. The Morgan fingerprint density at radius 2 is 1.47 bits per heavy atom. The van der Waals surface area contributed by atoms with E-state index in [2.05, 4.69) is 0 Å². The maximum absolute atomic E-state index is 13.3. The van der Waals surface area contributed by atoms with Gasteiger partial charge in [-0.1, -0.05) is 42.5 Å². The van der Waals surface area contributed by atoms with Crippen LogP contribution in [-0.4, -0.2) is 18.1 Å². The fourth-order valence-electron chi connectivity index (χ4n) is 2.97. The molecule has 1 atom stereocenters. The molecule has 0 aromatic heterocycles. The summed E-state index contributed by atoms with van der Waals surface area (Å²) in [5.74, 6) is -1.28. The first-order chi connectivity index (χ1) is 14.2. The van der Waals surface area contributed by atoms with Gasteiger partial charge in [-0.3, -0.25) is 4.79 Å². The van der Waals surface area contributed by atoms with Gasteiger partial charge in [-0.2, -0.15) is 13.2 Å². The number of aliphatic hydroxyl groups is 1. The third kappa shape index (κ3) is 4.08. The molecule has 3 rings (SSSR count). The predicted octanol–water partition coefficient (Wildman–Crippen LogP) is 4.23. The predicted molar refractivity (Wildman–Crippen MR) is 103 cm³/mol. The quantitative estimate of drug-likeness (QED) is 0.629. The van der Waals surface area contributed by atoms with E-state index < -0.39 is 29.0 Å². The van der Waals surface area contributed by atoms with Gasteiger partial charge in [0.05, 0.1) is 7.11 Å². The molecule has 1 unspecified atom stereocenters. The Balaban J connectivity index is 1.94. The zero-order valence-corrected chi connectivity index (χ0v) is 15.8. The average molecular weight is 417 g/mol. The lowest BCUT2D eigenvalue weighted by molar-refractivity contribution is -0.138. The van der Waals surface area contributed by atoms with Crippen molar-refractivity contribution in [1.82, 2.24) is 0 Å². The number of amides is 1. The molecular formula is C22H18F3NO4. The van der Waals surface area contributed by atoms with Gasteiger partial charge in [-0.15, -0.1) is 0 Å². The zero-order chi connectivity index (χ0) is 21.9. The van der Waals surface area contributed by atoms with Crippen molar-refractivity contribution in [3.63, 3.8) is 0 Å². The second kappa shape index (κ2) is 8.08. The van der Waals surface area contributed by atoms with E-state index in [-0.39, 0.29) is 22.6 Å². The lowest BCUT2D eigenvalue weighted by Gasteiger charge is -2.26. The number of carbonyl (C=O) groups is 1. The lowest BCUT2D eigenvalue weighted by atomic mass is 9.86. The second-order valence-corrected chi connectivity index (χ2v) is 6.43. The highest BCUT2D eigenvalue weighted by atomic mass is 19.4. The number of hydrogen-bond acceptors (Lipinski definition) is 4. The van der Waals surface area contributed by atoms with Gasteiger partial charge >= 0.3 is 6.18 Å². The molecule has 0 spiro atoms. The van der Waals surface area contributed by atoms with Crippen molar-refractivity contribution in [1.29, 1.82) is 0 Å². The summed E-state index contributed by atoms with van der Waals surface area (Å²) < 4.78 is 50.3. The standard InChI is InChI=1S/C22H18F3NO4/c1-29-17-11-12-19(18(13-17)22(23,24)25)30-16-9-7-15(8-10-16)21(28,20(26)27)14-5-3-2-4-6-14/h2-13,28H,1H3,(H2,26,27). The SMILES string of the molecule is COc1ccc(Oc2ccc(C(O)(C(N)=O)c3ccccc3)cc2)c(C(F)(F)F)c1. The first-order valence-electron chi connectivity index (χ1n) is 8.77. The van der Waals surface area contributed by atoms with E-state index in [4.69, 9.17) is 15.2 Å². The van der Waals surface area contributed by atoms with Crippen LogP contribution in [0.25, 0.3) is 0 Å². The van der Waals surface area contributed by atoms with E-state index in [1.807, 2.05) is 0 Å². The van der Waals surface area contributed by atoms with E-state index in [1.54, 1.807) is 30.3 Å². The van der Waals surface area contributed by atoms with E-state index in [1.165, 1.54) is 37.4 Å².